The molecule has 0 aliphatic carbocycles. The summed E-state index contributed by atoms with van der Waals surface area (Å²) in [6.45, 7) is 2.08. The number of hydrogen-bond acceptors (Lipinski definition) is 3. The number of carbonyl (C=O) groups is 1. The zero-order chi connectivity index (χ0) is 12.8. The van der Waals surface area contributed by atoms with E-state index in [2.05, 4.69) is 6.92 Å². The minimum Gasteiger partial charge on any atom is -0.493 e. The predicted molar refractivity (Wildman–Crippen MR) is 64.9 cm³/mol. The van der Waals surface area contributed by atoms with E-state index >= 15 is 0 Å². The molecule has 0 aliphatic heterocycles. The Kier molecular flexibility index (Phi) is 4.82. The topological polar surface area (TPSA) is 55.8 Å². The minimum absolute atomic E-state index is 0.0636. The van der Waals surface area contributed by atoms with Gasteiger partial charge >= 0.3 is 5.97 Å². The molecule has 0 bridgehead atoms. The van der Waals surface area contributed by atoms with Crippen LogP contribution < -0.4 is 9.47 Å². The highest BCUT2D eigenvalue weighted by Gasteiger charge is 2.16. The normalized spacial score (nSPS) is 10.1. The van der Waals surface area contributed by atoms with Crippen LogP contribution in [0.2, 0.25) is 0 Å². The molecule has 1 aromatic carbocycles. The minimum atomic E-state index is -0.881. The molecule has 4 nitrogen and oxygen atoms in total. The Morgan fingerprint density at radius 1 is 1.18 bits per heavy atom. The van der Waals surface area contributed by atoms with Crippen molar-refractivity contribution in [3.63, 3.8) is 0 Å². The summed E-state index contributed by atoms with van der Waals surface area (Å²) in [7, 11) is 3.10. The average Bonchev–Trinajstić information content (AvgIpc) is 2.30. The molecule has 0 saturated heterocycles. The monoisotopic (exact) mass is 238 g/mol. The van der Waals surface area contributed by atoms with Crippen LogP contribution in [0.5, 0.6) is 11.5 Å². The molecule has 0 spiro atoms. The first-order chi connectivity index (χ1) is 8.13. The zero-order valence-electron chi connectivity index (χ0n) is 10.4. The van der Waals surface area contributed by atoms with Gasteiger partial charge in [0.15, 0.2) is 11.5 Å². The van der Waals surface area contributed by atoms with Gasteiger partial charge in [0.25, 0.3) is 0 Å². The van der Waals surface area contributed by atoms with Gasteiger partial charge in [-0.05, 0) is 12.0 Å². The van der Waals surface area contributed by atoms with Crippen molar-refractivity contribution in [3.05, 3.63) is 23.3 Å². The maximum absolute atomic E-state index is 10.8. The van der Waals surface area contributed by atoms with E-state index < -0.39 is 5.97 Å². The summed E-state index contributed by atoms with van der Waals surface area (Å²) in [6.07, 6.45) is 1.82. The Morgan fingerprint density at radius 3 is 2.18 bits per heavy atom. The summed E-state index contributed by atoms with van der Waals surface area (Å²) >= 11 is 0. The van der Waals surface area contributed by atoms with Crippen molar-refractivity contribution in [2.24, 2.45) is 0 Å². The lowest BCUT2D eigenvalue weighted by Crippen LogP contribution is -2.05. The molecule has 0 aliphatic rings. The van der Waals surface area contributed by atoms with Crippen molar-refractivity contribution in [1.82, 2.24) is 0 Å². The van der Waals surface area contributed by atoms with Crippen molar-refractivity contribution >= 4 is 5.97 Å². The van der Waals surface area contributed by atoms with Gasteiger partial charge in [0, 0.05) is 5.56 Å². The van der Waals surface area contributed by atoms with Gasteiger partial charge in [-0.2, -0.15) is 0 Å². The van der Waals surface area contributed by atoms with Crippen LogP contribution in [0.15, 0.2) is 12.1 Å². The lowest BCUT2D eigenvalue weighted by molar-refractivity contribution is -0.136. The number of methoxy groups -OCH3 is 2. The zero-order valence-corrected chi connectivity index (χ0v) is 10.4. The molecule has 0 unspecified atom stereocenters. The third-order valence-corrected chi connectivity index (χ3v) is 2.54. The van der Waals surface area contributed by atoms with Gasteiger partial charge in [-0.3, -0.25) is 4.79 Å². The second-order valence-electron chi connectivity index (χ2n) is 3.77. The van der Waals surface area contributed by atoms with Crippen molar-refractivity contribution in [3.8, 4) is 11.5 Å². The molecule has 0 aromatic heterocycles. The van der Waals surface area contributed by atoms with E-state index in [4.69, 9.17) is 14.6 Å². The SMILES string of the molecule is CCCc1ccc(CC(=O)O)c(OC)c1OC. The first-order valence-electron chi connectivity index (χ1n) is 5.58. The molecule has 1 N–H and O–H groups in total. The molecule has 4 heteroatoms. The summed E-state index contributed by atoms with van der Waals surface area (Å²) in [6, 6.07) is 3.70. The number of rotatable bonds is 6. The molecule has 0 fully saturated rings. The van der Waals surface area contributed by atoms with Crippen molar-refractivity contribution < 1.29 is 19.4 Å². The van der Waals surface area contributed by atoms with E-state index in [0.29, 0.717) is 17.1 Å². The van der Waals surface area contributed by atoms with Crippen LogP contribution in [-0.2, 0) is 17.6 Å². The molecule has 0 heterocycles. The lowest BCUT2D eigenvalue weighted by atomic mass is 10.0. The molecule has 94 valence electrons. The van der Waals surface area contributed by atoms with Crippen LogP contribution in [0.25, 0.3) is 0 Å². The second kappa shape index (κ2) is 6.13. The molecular weight excluding hydrogens is 220 g/mol. The summed E-state index contributed by atoms with van der Waals surface area (Å²) in [5.41, 5.74) is 1.68. The Bertz CT molecular complexity index is 399. The van der Waals surface area contributed by atoms with E-state index in [1.807, 2.05) is 6.07 Å². The summed E-state index contributed by atoms with van der Waals surface area (Å²) < 4.78 is 10.6. The largest absolute Gasteiger partial charge is 0.493 e. The highest BCUT2D eigenvalue weighted by molar-refractivity contribution is 5.72. The maximum Gasteiger partial charge on any atom is 0.307 e. The van der Waals surface area contributed by atoms with Crippen LogP contribution in [0.4, 0.5) is 0 Å². The summed E-state index contributed by atoms with van der Waals surface area (Å²) in [4.78, 5) is 10.8. The third kappa shape index (κ3) is 3.12. The molecular formula is C13H18O4. The van der Waals surface area contributed by atoms with Crippen molar-refractivity contribution in [2.75, 3.05) is 14.2 Å². The van der Waals surface area contributed by atoms with Gasteiger partial charge in [-0.15, -0.1) is 0 Å². The van der Waals surface area contributed by atoms with Crippen LogP contribution >= 0.6 is 0 Å². The number of carboxylic acid groups (broad SMARTS) is 1. The Labute approximate surface area is 101 Å². The molecule has 17 heavy (non-hydrogen) atoms. The fourth-order valence-corrected chi connectivity index (χ4v) is 1.86. The second-order valence-corrected chi connectivity index (χ2v) is 3.77. The van der Waals surface area contributed by atoms with Crippen LogP contribution in [0.1, 0.15) is 24.5 Å². The van der Waals surface area contributed by atoms with Gasteiger partial charge in [-0.1, -0.05) is 25.5 Å². The Hall–Kier alpha value is -1.71. The molecule has 1 rings (SSSR count). The van der Waals surface area contributed by atoms with E-state index in [-0.39, 0.29) is 6.42 Å². The van der Waals surface area contributed by atoms with Crippen LogP contribution in [-0.4, -0.2) is 25.3 Å². The molecule has 0 radical (unpaired) electrons. The van der Waals surface area contributed by atoms with Crippen LogP contribution in [0, 0.1) is 0 Å². The fraction of sp³-hybridized carbons (Fsp3) is 0.462. The number of aliphatic carboxylic acids is 1. The van der Waals surface area contributed by atoms with E-state index in [0.717, 1.165) is 18.4 Å². The maximum atomic E-state index is 10.8. The number of aryl methyl sites for hydroxylation is 1. The van der Waals surface area contributed by atoms with Gasteiger partial charge in [-0.25, -0.2) is 0 Å². The first-order valence-corrected chi connectivity index (χ1v) is 5.58. The summed E-state index contributed by atoms with van der Waals surface area (Å²) in [5.74, 6) is 0.294. The van der Waals surface area contributed by atoms with E-state index in [9.17, 15) is 4.79 Å². The van der Waals surface area contributed by atoms with E-state index in [1.165, 1.54) is 7.11 Å². The highest BCUT2D eigenvalue weighted by Crippen LogP contribution is 2.35. The predicted octanol–water partition coefficient (Wildman–Crippen LogP) is 2.28. The average molecular weight is 238 g/mol. The number of benzene rings is 1. The first kappa shape index (κ1) is 13.4. The lowest BCUT2D eigenvalue weighted by Gasteiger charge is -2.15. The van der Waals surface area contributed by atoms with E-state index in [1.54, 1.807) is 13.2 Å². The van der Waals surface area contributed by atoms with Gasteiger partial charge in [0.2, 0.25) is 0 Å². The quantitative estimate of drug-likeness (QED) is 0.826. The van der Waals surface area contributed by atoms with Gasteiger partial charge < -0.3 is 14.6 Å². The standard InChI is InChI=1S/C13H18O4/c1-4-5-9-6-7-10(8-11(14)15)13(17-3)12(9)16-2/h6-7H,4-5,8H2,1-3H3,(H,14,15). The van der Waals surface area contributed by atoms with Crippen LogP contribution in [0.3, 0.4) is 0 Å². The molecule has 0 atom stereocenters. The van der Waals surface area contributed by atoms with Gasteiger partial charge in [0.1, 0.15) is 0 Å². The Balaban J connectivity index is 3.21. The fourth-order valence-electron chi connectivity index (χ4n) is 1.86. The highest BCUT2D eigenvalue weighted by atomic mass is 16.5. The number of hydrogen-bond donors (Lipinski definition) is 1. The molecule has 0 saturated carbocycles. The molecule has 1 aromatic rings. The smallest absolute Gasteiger partial charge is 0.307 e. The van der Waals surface area contributed by atoms with Gasteiger partial charge in [0.05, 0.1) is 20.6 Å². The van der Waals surface area contributed by atoms with Crippen molar-refractivity contribution in [2.45, 2.75) is 26.2 Å². The number of ether oxygens (including phenoxy) is 2. The number of carboxylic acids is 1. The third-order valence-electron chi connectivity index (χ3n) is 2.54. The molecule has 0 amide bonds. The van der Waals surface area contributed by atoms with Crippen molar-refractivity contribution in [1.29, 1.82) is 0 Å². The summed E-state index contributed by atoms with van der Waals surface area (Å²) in [5, 5.41) is 8.83. The Morgan fingerprint density at radius 2 is 1.71 bits per heavy atom.